The molecule has 0 atom stereocenters. The third-order valence-corrected chi connectivity index (χ3v) is 5.14. The highest BCUT2D eigenvalue weighted by molar-refractivity contribution is 6.42. The second kappa shape index (κ2) is 7.62. The van der Waals surface area contributed by atoms with Crippen molar-refractivity contribution < 1.29 is 4.79 Å². The Morgan fingerprint density at radius 2 is 2.04 bits per heavy atom. The van der Waals surface area contributed by atoms with E-state index in [1.807, 2.05) is 6.07 Å². The minimum atomic E-state index is -0.201. The number of hydrogen-bond donors (Lipinski definition) is 0. The van der Waals surface area contributed by atoms with Gasteiger partial charge in [0.1, 0.15) is 12.4 Å². The zero-order valence-electron chi connectivity index (χ0n) is 14.0. The SMILES string of the molecule is CN(Cc1ccc(Cl)c(Cl)c1)C(=O)Cn1nc2n(c1=O)CCCCC2. The van der Waals surface area contributed by atoms with Crippen molar-refractivity contribution in [1.82, 2.24) is 19.2 Å². The average Bonchev–Trinajstić information content (AvgIpc) is 2.75. The molecule has 0 saturated carbocycles. The summed E-state index contributed by atoms with van der Waals surface area (Å²) in [5.74, 6) is 0.601. The lowest BCUT2D eigenvalue weighted by molar-refractivity contribution is -0.131. The molecule has 0 spiro atoms. The summed E-state index contributed by atoms with van der Waals surface area (Å²) in [6, 6.07) is 5.26. The summed E-state index contributed by atoms with van der Waals surface area (Å²) in [5.41, 5.74) is 0.673. The first kappa shape index (κ1) is 18.0. The molecular formula is C17H20Cl2N4O2. The van der Waals surface area contributed by atoms with Crippen LogP contribution in [-0.2, 0) is 30.8 Å². The van der Waals surface area contributed by atoms with Gasteiger partial charge in [0.2, 0.25) is 5.91 Å². The topological polar surface area (TPSA) is 60.1 Å². The molecule has 134 valence electrons. The van der Waals surface area contributed by atoms with E-state index in [2.05, 4.69) is 5.10 Å². The van der Waals surface area contributed by atoms with Crippen molar-refractivity contribution in [2.45, 2.75) is 45.3 Å². The predicted molar refractivity (Wildman–Crippen MR) is 97.0 cm³/mol. The molecule has 2 heterocycles. The van der Waals surface area contributed by atoms with Crippen molar-refractivity contribution in [3.8, 4) is 0 Å². The van der Waals surface area contributed by atoms with E-state index >= 15 is 0 Å². The van der Waals surface area contributed by atoms with Gasteiger partial charge in [0.15, 0.2) is 0 Å². The van der Waals surface area contributed by atoms with Crippen LogP contribution in [0.4, 0.5) is 0 Å². The van der Waals surface area contributed by atoms with Gasteiger partial charge in [0.25, 0.3) is 0 Å². The molecule has 0 bridgehead atoms. The number of carbonyl (C=O) groups excluding carboxylic acids is 1. The molecule has 6 nitrogen and oxygen atoms in total. The van der Waals surface area contributed by atoms with Crippen LogP contribution in [0.2, 0.25) is 10.0 Å². The number of nitrogens with zero attached hydrogens (tertiary/aromatic N) is 4. The predicted octanol–water partition coefficient (Wildman–Crippen LogP) is 2.74. The number of halogens is 2. The Balaban J connectivity index is 1.69. The van der Waals surface area contributed by atoms with E-state index < -0.39 is 0 Å². The van der Waals surface area contributed by atoms with Crippen LogP contribution in [0.5, 0.6) is 0 Å². The van der Waals surface area contributed by atoms with E-state index in [-0.39, 0.29) is 18.1 Å². The molecule has 1 amide bonds. The summed E-state index contributed by atoms with van der Waals surface area (Å²) < 4.78 is 2.97. The van der Waals surface area contributed by atoms with Crippen LogP contribution in [0.1, 0.15) is 30.7 Å². The van der Waals surface area contributed by atoms with E-state index in [9.17, 15) is 9.59 Å². The van der Waals surface area contributed by atoms with E-state index in [0.717, 1.165) is 37.1 Å². The van der Waals surface area contributed by atoms with Gasteiger partial charge in [-0.05, 0) is 30.5 Å². The van der Waals surface area contributed by atoms with Gasteiger partial charge >= 0.3 is 5.69 Å². The number of hydrogen-bond acceptors (Lipinski definition) is 3. The first-order chi connectivity index (χ1) is 12.0. The molecule has 0 unspecified atom stereocenters. The van der Waals surface area contributed by atoms with E-state index in [0.29, 0.717) is 23.1 Å². The average molecular weight is 383 g/mol. The zero-order chi connectivity index (χ0) is 18.0. The molecule has 2 aromatic rings. The van der Waals surface area contributed by atoms with Crippen molar-refractivity contribution in [2.75, 3.05) is 7.05 Å². The van der Waals surface area contributed by atoms with E-state index in [1.165, 1.54) is 4.68 Å². The smallest absolute Gasteiger partial charge is 0.340 e. The molecule has 8 heteroatoms. The second-order valence-electron chi connectivity index (χ2n) is 6.32. The first-order valence-corrected chi connectivity index (χ1v) is 9.05. The maximum Gasteiger partial charge on any atom is 0.346 e. The molecule has 3 rings (SSSR count). The first-order valence-electron chi connectivity index (χ1n) is 8.30. The fourth-order valence-corrected chi connectivity index (χ4v) is 3.30. The lowest BCUT2D eigenvalue weighted by Crippen LogP contribution is -2.34. The molecule has 0 aliphatic carbocycles. The highest BCUT2D eigenvalue weighted by Gasteiger charge is 2.19. The van der Waals surface area contributed by atoms with Gasteiger partial charge < -0.3 is 4.90 Å². The molecule has 1 aliphatic heterocycles. The molecule has 1 aliphatic rings. The third-order valence-electron chi connectivity index (χ3n) is 4.40. The fourth-order valence-electron chi connectivity index (χ4n) is 2.98. The number of carbonyl (C=O) groups is 1. The maximum absolute atomic E-state index is 12.5. The van der Waals surface area contributed by atoms with Gasteiger partial charge in [-0.1, -0.05) is 35.7 Å². The van der Waals surface area contributed by atoms with Crippen molar-refractivity contribution in [2.24, 2.45) is 0 Å². The Morgan fingerprint density at radius 1 is 1.24 bits per heavy atom. The molecule has 0 fully saturated rings. The van der Waals surface area contributed by atoms with Crippen molar-refractivity contribution >= 4 is 29.1 Å². The van der Waals surface area contributed by atoms with Crippen LogP contribution >= 0.6 is 23.2 Å². The van der Waals surface area contributed by atoms with Crippen LogP contribution in [0.25, 0.3) is 0 Å². The molecular weight excluding hydrogens is 363 g/mol. The van der Waals surface area contributed by atoms with Crippen LogP contribution < -0.4 is 5.69 Å². The molecule has 0 N–H and O–H groups in total. The zero-order valence-corrected chi connectivity index (χ0v) is 15.6. The third kappa shape index (κ3) is 4.07. The number of benzene rings is 1. The molecule has 1 aromatic carbocycles. The Morgan fingerprint density at radius 3 is 2.80 bits per heavy atom. The summed E-state index contributed by atoms with van der Waals surface area (Å²) in [5, 5.41) is 5.28. The van der Waals surface area contributed by atoms with Gasteiger partial charge in [-0.15, -0.1) is 0 Å². The van der Waals surface area contributed by atoms with Crippen molar-refractivity contribution in [1.29, 1.82) is 0 Å². The van der Waals surface area contributed by atoms with Gasteiger partial charge in [-0.3, -0.25) is 9.36 Å². The molecule has 25 heavy (non-hydrogen) atoms. The summed E-state index contributed by atoms with van der Waals surface area (Å²) in [6.45, 7) is 1.01. The molecule has 0 saturated heterocycles. The van der Waals surface area contributed by atoms with Gasteiger partial charge in [-0.2, -0.15) is 5.10 Å². The van der Waals surface area contributed by atoms with Crippen LogP contribution in [0.3, 0.4) is 0 Å². The molecule has 0 radical (unpaired) electrons. The highest BCUT2D eigenvalue weighted by Crippen LogP contribution is 2.23. The number of aryl methyl sites for hydroxylation is 1. The van der Waals surface area contributed by atoms with Crippen LogP contribution in [0.15, 0.2) is 23.0 Å². The molecule has 1 aromatic heterocycles. The lowest BCUT2D eigenvalue weighted by atomic mass is 10.2. The highest BCUT2D eigenvalue weighted by atomic mass is 35.5. The minimum absolute atomic E-state index is 0.0589. The lowest BCUT2D eigenvalue weighted by Gasteiger charge is -2.17. The van der Waals surface area contributed by atoms with E-state index in [4.69, 9.17) is 23.2 Å². The number of fused-ring (bicyclic) bond motifs is 1. The Kier molecular flexibility index (Phi) is 5.49. The summed E-state index contributed by atoms with van der Waals surface area (Å²) in [4.78, 5) is 26.4. The quantitative estimate of drug-likeness (QED) is 0.816. The summed E-state index contributed by atoms with van der Waals surface area (Å²) in [7, 11) is 1.69. The second-order valence-corrected chi connectivity index (χ2v) is 7.13. The van der Waals surface area contributed by atoms with E-state index in [1.54, 1.807) is 28.6 Å². The van der Waals surface area contributed by atoms with Gasteiger partial charge in [0, 0.05) is 26.6 Å². The number of amides is 1. The minimum Gasteiger partial charge on any atom is -0.340 e. The van der Waals surface area contributed by atoms with Crippen LogP contribution in [-0.4, -0.2) is 32.2 Å². The number of rotatable bonds is 4. The summed E-state index contributed by atoms with van der Waals surface area (Å²) in [6.07, 6.45) is 3.90. The largest absolute Gasteiger partial charge is 0.346 e. The van der Waals surface area contributed by atoms with Gasteiger partial charge in [0.05, 0.1) is 10.0 Å². The number of likely N-dealkylation sites (N-methyl/N-ethyl adjacent to an activating group) is 1. The monoisotopic (exact) mass is 382 g/mol. The van der Waals surface area contributed by atoms with Crippen LogP contribution in [0, 0.1) is 0 Å². The summed E-state index contributed by atoms with van der Waals surface area (Å²) >= 11 is 11.9. The standard InChI is InChI=1S/C17H20Cl2N4O2/c1-21(10-12-6-7-13(18)14(19)9-12)16(24)11-23-17(25)22-8-4-2-3-5-15(22)20-23/h6-7,9H,2-5,8,10-11H2,1H3. The fraction of sp³-hybridized carbons (Fsp3) is 0.471. The van der Waals surface area contributed by atoms with Crippen molar-refractivity contribution in [3.05, 3.63) is 50.1 Å². The number of aromatic nitrogens is 3. The Hall–Kier alpha value is -1.79. The Bertz CT molecular complexity index is 844. The van der Waals surface area contributed by atoms with Gasteiger partial charge in [-0.25, -0.2) is 9.48 Å². The Labute approximate surface area is 155 Å². The van der Waals surface area contributed by atoms with Crippen molar-refractivity contribution in [3.63, 3.8) is 0 Å². The normalized spacial score (nSPS) is 14.0. The maximum atomic E-state index is 12.5.